The minimum Gasteiger partial charge on any atom is -0.330 e. The van der Waals surface area contributed by atoms with Gasteiger partial charge < -0.3 is 5.32 Å². The third-order valence-electron chi connectivity index (χ3n) is 4.62. The van der Waals surface area contributed by atoms with E-state index in [9.17, 15) is 4.79 Å². The molecule has 5 rings (SSSR count). The van der Waals surface area contributed by atoms with Crippen LogP contribution in [-0.2, 0) is 0 Å². The summed E-state index contributed by atoms with van der Waals surface area (Å²) < 4.78 is 2.76. The zero-order chi connectivity index (χ0) is 23.5. The first-order chi connectivity index (χ1) is 16.7. The molecule has 34 heavy (non-hydrogen) atoms. The molecule has 1 aromatic carbocycles. The van der Waals surface area contributed by atoms with Gasteiger partial charge in [-0.25, -0.2) is 24.3 Å². The highest BCUT2D eigenvalue weighted by atomic mass is 16.1. The standard InChI is InChI=1S/C21H14N12O/c1-3-23-19(34)14-15(22-2)18(33-17(14)27-16(30-33)13-8-5-4-6-9-13)28-29-20-26-12-32(31-20)21-24-10-7-11-25-21/h3-12H,1H2,(H,23,34)(H,27,30). The SMILES string of the molecule is [C-]#[N+]c1c(C(=O)NC=C)c2nc(-c3ccccc3)[nH]n2c1N=Nc1ncn(-c2ncccn2)n1. The lowest BCUT2D eigenvalue weighted by Crippen LogP contribution is -2.16. The van der Waals surface area contributed by atoms with E-state index in [1.54, 1.807) is 18.5 Å². The van der Waals surface area contributed by atoms with Gasteiger partial charge in [-0.3, -0.25) is 9.89 Å². The summed E-state index contributed by atoms with van der Waals surface area (Å²) in [6.07, 6.45) is 5.76. The summed E-state index contributed by atoms with van der Waals surface area (Å²) in [5.74, 6) is 0.335. The summed E-state index contributed by atoms with van der Waals surface area (Å²) in [5.41, 5.74) is 1.01. The number of fused-ring (bicyclic) bond motifs is 1. The molecule has 0 saturated carbocycles. The molecule has 4 aromatic heterocycles. The molecule has 2 N–H and O–H groups in total. The van der Waals surface area contributed by atoms with E-state index >= 15 is 0 Å². The van der Waals surface area contributed by atoms with Crippen LogP contribution < -0.4 is 5.32 Å². The van der Waals surface area contributed by atoms with E-state index in [-0.39, 0.29) is 28.7 Å². The number of hydrogen-bond acceptors (Lipinski definition) is 8. The normalized spacial score (nSPS) is 11.0. The Morgan fingerprint density at radius 1 is 1.15 bits per heavy atom. The zero-order valence-corrected chi connectivity index (χ0v) is 17.4. The number of carbonyl (C=O) groups excluding carboxylic acids is 1. The Hall–Kier alpha value is -5.51. The number of amides is 1. The van der Waals surface area contributed by atoms with Crippen LogP contribution in [0.2, 0.25) is 0 Å². The van der Waals surface area contributed by atoms with Crippen LogP contribution >= 0.6 is 0 Å². The van der Waals surface area contributed by atoms with Crippen molar-refractivity contribution >= 4 is 29.0 Å². The molecule has 0 bridgehead atoms. The quantitative estimate of drug-likeness (QED) is 0.299. The zero-order valence-electron chi connectivity index (χ0n) is 17.4. The van der Waals surface area contributed by atoms with E-state index in [4.69, 9.17) is 6.57 Å². The van der Waals surface area contributed by atoms with Gasteiger partial charge in [0, 0.05) is 18.0 Å². The fraction of sp³-hybridized carbons (Fsp3) is 0. The van der Waals surface area contributed by atoms with Crippen LogP contribution in [0, 0.1) is 6.57 Å². The number of rotatable bonds is 6. The first kappa shape index (κ1) is 20.4. The Labute approximate surface area is 191 Å². The van der Waals surface area contributed by atoms with E-state index < -0.39 is 5.91 Å². The third kappa shape index (κ3) is 3.56. The van der Waals surface area contributed by atoms with E-state index in [0.29, 0.717) is 11.8 Å². The first-order valence-electron chi connectivity index (χ1n) is 9.79. The predicted molar refractivity (Wildman–Crippen MR) is 120 cm³/mol. The molecule has 0 unspecified atom stereocenters. The highest BCUT2D eigenvalue weighted by Crippen LogP contribution is 2.38. The molecule has 0 aliphatic carbocycles. The molecule has 4 heterocycles. The lowest BCUT2D eigenvalue weighted by molar-refractivity contribution is 0.0972. The van der Waals surface area contributed by atoms with E-state index in [2.05, 4.69) is 57.1 Å². The van der Waals surface area contributed by atoms with Crippen molar-refractivity contribution in [3.63, 3.8) is 0 Å². The number of aromatic amines is 1. The van der Waals surface area contributed by atoms with Crippen molar-refractivity contribution in [2.45, 2.75) is 0 Å². The van der Waals surface area contributed by atoms with Crippen LogP contribution in [0.4, 0.5) is 17.5 Å². The molecule has 1 amide bonds. The van der Waals surface area contributed by atoms with Crippen LogP contribution in [0.3, 0.4) is 0 Å². The average molecular weight is 450 g/mol. The van der Waals surface area contributed by atoms with Gasteiger partial charge in [-0.15, -0.1) is 15.3 Å². The van der Waals surface area contributed by atoms with E-state index in [1.807, 2.05) is 30.3 Å². The van der Waals surface area contributed by atoms with Crippen LogP contribution in [0.15, 0.2) is 78.1 Å². The number of nitrogens with one attached hydrogen (secondary N) is 2. The highest BCUT2D eigenvalue weighted by Gasteiger charge is 2.27. The maximum absolute atomic E-state index is 12.7. The van der Waals surface area contributed by atoms with E-state index in [0.717, 1.165) is 5.56 Å². The fourth-order valence-corrected chi connectivity index (χ4v) is 3.18. The Kier molecular flexibility index (Phi) is 5.13. The third-order valence-corrected chi connectivity index (χ3v) is 4.62. The minimum atomic E-state index is -0.547. The second-order valence-electron chi connectivity index (χ2n) is 6.67. The molecule has 13 nitrogen and oxygen atoms in total. The van der Waals surface area contributed by atoms with Crippen molar-refractivity contribution in [3.05, 3.63) is 84.9 Å². The summed E-state index contributed by atoms with van der Waals surface area (Å²) in [5, 5.41) is 17.9. The first-order valence-corrected chi connectivity index (χ1v) is 9.79. The minimum absolute atomic E-state index is 0.0122. The molecule has 0 radical (unpaired) electrons. The molecular weight excluding hydrogens is 436 g/mol. The molecule has 0 spiro atoms. The fourth-order valence-electron chi connectivity index (χ4n) is 3.18. The summed E-state index contributed by atoms with van der Waals surface area (Å²) in [7, 11) is 0. The molecular formula is C21H14N12O. The van der Waals surface area contributed by atoms with Gasteiger partial charge in [0.2, 0.25) is 11.6 Å². The Morgan fingerprint density at radius 2 is 1.94 bits per heavy atom. The number of H-pyrrole nitrogens is 1. The molecule has 0 atom stereocenters. The van der Waals surface area contributed by atoms with Crippen molar-refractivity contribution in [2.75, 3.05) is 0 Å². The van der Waals surface area contributed by atoms with Gasteiger partial charge in [-0.1, -0.05) is 36.9 Å². The smallest absolute Gasteiger partial charge is 0.287 e. The Bertz CT molecular complexity index is 1570. The summed E-state index contributed by atoms with van der Waals surface area (Å²) in [6, 6.07) is 11.0. The lowest BCUT2D eigenvalue weighted by Gasteiger charge is -1.98. The van der Waals surface area contributed by atoms with E-state index in [1.165, 1.54) is 21.7 Å². The van der Waals surface area contributed by atoms with Crippen LogP contribution in [0.25, 0.3) is 27.8 Å². The van der Waals surface area contributed by atoms with Gasteiger partial charge in [-0.05, 0) is 12.3 Å². The number of azo groups is 1. The average Bonchev–Trinajstić information content (AvgIpc) is 3.58. The predicted octanol–water partition coefficient (Wildman–Crippen LogP) is 3.54. The number of aromatic nitrogens is 8. The molecule has 5 aromatic rings. The van der Waals surface area contributed by atoms with Crippen molar-refractivity contribution in [1.82, 2.24) is 44.6 Å². The molecule has 0 aliphatic rings. The van der Waals surface area contributed by atoms with Crippen LogP contribution in [0.1, 0.15) is 10.4 Å². The van der Waals surface area contributed by atoms with Crippen molar-refractivity contribution < 1.29 is 4.79 Å². The highest BCUT2D eigenvalue weighted by molar-refractivity contribution is 6.09. The van der Waals surface area contributed by atoms with Gasteiger partial charge in [0.1, 0.15) is 6.33 Å². The Balaban J connectivity index is 1.61. The summed E-state index contributed by atoms with van der Waals surface area (Å²) in [6.45, 7) is 11.2. The molecule has 13 heteroatoms. The molecule has 164 valence electrons. The van der Waals surface area contributed by atoms with Crippen molar-refractivity contribution in [3.8, 4) is 17.3 Å². The summed E-state index contributed by atoms with van der Waals surface area (Å²) >= 11 is 0. The lowest BCUT2D eigenvalue weighted by atomic mass is 10.2. The van der Waals surface area contributed by atoms with Gasteiger partial charge in [-0.2, -0.15) is 9.67 Å². The number of hydrogen-bond donors (Lipinski definition) is 2. The van der Waals surface area contributed by atoms with Gasteiger partial charge in [0.05, 0.1) is 12.1 Å². The van der Waals surface area contributed by atoms with Gasteiger partial charge in [0.25, 0.3) is 11.9 Å². The van der Waals surface area contributed by atoms with Gasteiger partial charge in [0.15, 0.2) is 17.3 Å². The van der Waals surface area contributed by atoms with Crippen molar-refractivity contribution in [1.29, 1.82) is 0 Å². The second-order valence-corrected chi connectivity index (χ2v) is 6.67. The van der Waals surface area contributed by atoms with Crippen LogP contribution in [0.5, 0.6) is 0 Å². The summed E-state index contributed by atoms with van der Waals surface area (Å²) in [4.78, 5) is 33.0. The maximum atomic E-state index is 12.7. The number of nitrogens with zero attached hydrogens (tertiary/aromatic N) is 10. The largest absolute Gasteiger partial charge is 0.330 e. The topological polar surface area (TPSA) is 148 Å². The van der Waals surface area contributed by atoms with Gasteiger partial charge >= 0.3 is 0 Å². The van der Waals surface area contributed by atoms with Crippen molar-refractivity contribution in [2.24, 2.45) is 10.2 Å². The number of benzene rings is 1. The van der Waals surface area contributed by atoms with Crippen LogP contribution in [-0.4, -0.2) is 45.2 Å². The number of carbonyl (C=O) groups is 1. The Morgan fingerprint density at radius 3 is 2.68 bits per heavy atom. The second kappa shape index (κ2) is 8.55. The maximum Gasteiger partial charge on any atom is 0.287 e. The molecule has 0 aliphatic heterocycles. The molecule has 0 saturated heterocycles. The monoisotopic (exact) mass is 450 g/mol. The molecule has 0 fully saturated rings.